The first-order valence-corrected chi connectivity index (χ1v) is 7.60. The molecule has 0 bridgehead atoms. The molecule has 8 heteroatoms. The molecule has 1 heterocycles. The second-order valence-electron chi connectivity index (χ2n) is 4.34. The fourth-order valence-corrected chi connectivity index (χ4v) is 2.61. The Labute approximate surface area is 116 Å². The number of nitrogens with one attached hydrogen (secondary N) is 1. The average Bonchev–Trinajstić information content (AvgIpc) is 2.71. The van der Waals surface area contributed by atoms with Crippen LogP contribution in [0.25, 0.3) is 11.0 Å². The van der Waals surface area contributed by atoms with E-state index in [0.29, 0.717) is 11.3 Å². The Balaban J connectivity index is 2.39. The minimum Gasteiger partial charge on any atom is -0.478 e. The Bertz CT molecular complexity index is 764. The van der Waals surface area contributed by atoms with Gasteiger partial charge in [-0.25, -0.2) is 22.9 Å². The first-order valence-electron chi connectivity index (χ1n) is 5.95. The first-order chi connectivity index (χ1) is 9.34. The van der Waals surface area contributed by atoms with Crippen LogP contribution in [-0.4, -0.2) is 41.8 Å². The fourth-order valence-electron chi connectivity index (χ4n) is 1.98. The van der Waals surface area contributed by atoms with Crippen molar-refractivity contribution in [1.29, 1.82) is 0 Å². The lowest BCUT2D eigenvalue weighted by Crippen LogP contribution is -2.24. The van der Waals surface area contributed by atoms with Gasteiger partial charge in [0.1, 0.15) is 5.82 Å². The van der Waals surface area contributed by atoms with Gasteiger partial charge in [0.05, 0.1) is 22.3 Å². The summed E-state index contributed by atoms with van der Waals surface area (Å²) >= 11 is 0. The molecule has 0 aliphatic heterocycles. The van der Waals surface area contributed by atoms with Crippen LogP contribution in [0, 0.1) is 6.92 Å². The Kier molecular flexibility index (Phi) is 3.78. The van der Waals surface area contributed by atoms with E-state index in [0.717, 1.165) is 5.52 Å². The lowest BCUT2D eigenvalue weighted by Gasteiger charge is -2.07. The number of sulfonamides is 1. The second-order valence-corrected chi connectivity index (χ2v) is 6.39. The van der Waals surface area contributed by atoms with E-state index >= 15 is 0 Å². The number of aryl methyl sites for hydroxylation is 2. The van der Waals surface area contributed by atoms with E-state index < -0.39 is 16.0 Å². The number of hydrogen-bond donors (Lipinski definition) is 2. The molecule has 0 radical (unpaired) electrons. The zero-order valence-corrected chi connectivity index (χ0v) is 11.9. The first kappa shape index (κ1) is 14.5. The molecular formula is C12H15N3O4S. The molecule has 0 aliphatic carbocycles. The molecule has 0 saturated carbocycles. The molecule has 7 nitrogen and oxygen atoms in total. The van der Waals surface area contributed by atoms with Crippen molar-refractivity contribution in [3.8, 4) is 0 Å². The lowest BCUT2D eigenvalue weighted by molar-refractivity contribution is 0.0697. The number of carboxylic acids is 1. The van der Waals surface area contributed by atoms with E-state index in [2.05, 4.69) is 9.71 Å². The van der Waals surface area contributed by atoms with Crippen LogP contribution in [0.2, 0.25) is 0 Å². The number of benzene rings is 1. The number of aromatic carboxylic acids is 1. The van der Waals surface area contributed by atoms with E-state index in [1.54, 1.807) is 17.6 Å². The van der Waals surface area contributed by atoms with E-state index in [1.165, 1.54) is 19.2 Å². The molecule has 0 amide bonds. The summed E-state index contributed by atoms with van der Waals surface area (Å²) in [6, 6.07) is 4.60. The van der Waals surface area contributed by atoms with Crippen LogP contribution in [-0.2, 0) is 16.6 Å². The highest BCUT2D eigenvalue weighted by Crippen LogP contribution is 2.18. The van der Waals surface area contributed by atoms with Crippen LogP contribution in [0.15, 0.2) is 18.2 Å². The number of carboxylic acid groups (broad SMARTS) is 1. The van der Waals surface area contributed by atoms with Crippen molar-refractivity contribution in [2.45, 2.75) is 13.5 Å². The largest absolute Gasteiger partial charge is 0.478 e. The van der Waals surface area contributed by atoms with Crippen LogP contribution in [0.4, 0.5) is 0 Å². The van der Waals surface area contributed by atoms with Gasteiger partial charge >= 0.3 is 5.97 Å². The van der Waals surface area contributed by atoms with Crippen molar-refractivity contribution in [3.63, 3.8) is 0 Å². The molecule has 1 aromatic heterocycles. The highest BCUT2D eigenvalue weighted by molar-refractivity contribution is 7.89. The zero-order valence-electron chi connectivity index (χ0n) is 11.1. The summed E-state index contributed by atoms with van der Waals surface area (Å²) in [6.07, 6.45) is 0. The summed E-state index contributed by atoms with van der Waals surface area (Å²) in [5.41, 5.74) is 1.42. The molecule has 2 aromatic rings. The van der Waals surface area contributed by atoms with Gasteiger partial charge in [-0.05, 0) is 32.2 Å². The van der Waals surface area contributed by atoms with Crippen LogP contribution in [0.3, 0.4) is 0 Å². The number of fused-ring (bicyclic) bond motifs is 1. The van der Waals surface area contributed by atoms with Gasteiger partial charge in [-0.2, -0.15) is 0 Å². The van der Waals surface area contributed by atoms with E-state index in [-0.39, 0.29) is 17.9 Å². The van der Waals surface area contributed by atoms with Crippen molar-refractivity contribution >= 4 is 27.0 Å². The Morgan fingerprint density at radius 2 is 2.15 bits per heavy atom. The number of aromatic nitrogens is 2. The third kappa shape index (κ3) is 2.81. The quantitative estimate of drug-likeness (QED) is 0.841. The lowest BCUT2D eigenvalue weighted by atomic mass is 10.2. The monoisotopic (exact) mass is 297 g/mol. The van der Waals surface area contributed by atoms with Crippen LogP contribution >= 0.6 is 0 Å². The smallest absolute Gasteiger partial charge is 0.335 e. The summed E-state index contributed by atoms with van der Waals surface area (Å²) in [7, 11) is -1.93. The van der Waals surface area contributed by atoms with E-state index in [9.17, 15) is 13.2 Å². The minimum absolute atomic E-state index is 0.0590. The van der Waals surface area contributed by atoms with Crippen molar-refractivity contribution in [3.05, 3.63) is 29.6 Å². The van der Waals surface area contributed by atoms with Crippen molar-refractivity contribution < 1.29 is 18.3 Å². The summed E-state index contributed by atoms with van der Waals surface area (Å²) in [5.74, 6) is -0.429. The predicted octanol–water partition coefficient (Wildman–Crippen LogP) is 0.592. The van der Waals surface area contributed by atoms with Gasteiger partial charge in [0, 0.05) is 6.54 Å². The van der Waals surface area contributed by atoms with Crippen LogP contribution < -0.4 is 4.72 Å². The maximum Gasteiger partial charge on any atom is 0.335 e. The summed E-state index contributed by atoms with van der Waals surface area (Å²) in [4.78, 5) is 15.2. The molecule has 0 fully saturated rings. The summed E-state index contributed by atoms with van der Waals surface area (Å²) in [5, 5.41) is 8.94. The highest BCUT2D eigenvalue weighted by atomic mass is 32.2. The minimum atomic E-state index is -3.30. The maximum atomic E-state index is 11.5. The summed E-state index contributed by atoms with van der Waals surface area (Å²) in [6.45, 7) is 2.02. The highest BCUT2D eigenvalue weighted by Gasteiger charge is 2.13. The SMILES string of the molecule is CNS(=O)(=O)CCn1c(C)nc2cc(C(=O)O)ccc21. The van der Waals surface area contributed by atoms with Gasteiger partial charge in [0.15, 0.2) is 0 Å². The van der Waals surface area contributed by atoms with Gasteiger partial charge in [0.25, 0.3) is 0 Å². The number of rotatable bonds is 5. The van der Waals surface area contributed by atoms with Crippen LogP contribution in [0.5, 0.6) is 0 Å². The Hall–Kier alpha value is -1.93. The molecule has 1 aromatic carbocycles. The zero-order chi connectivity index (χ0) is 14.9. The number of nitrogens with zero attached hydrogens (tertiary/aromatic N) is 2. The van der Waals surface area contributed by atoms with Crippen molar-refractivity contribution in [1.82, 2.24) is 14.3 Å². The normalized spacial score (nSPS) is 11.9. The summed E-state index contributed by atoms with van der Waals surface area (Å²) < 4.78 is 26.9. The van der Waals surface area contributed by atoms with Gasteiger partial charge in [0.2, 0.25) is 10.0 Å². The van der Waals surface area contributed by atoms with Gasteiger partial charge < -0.3 is 9.67 Å². The number of imidazole rings is 1. The standard InChI is InChI=1S/C12H15N3O4S/c1-8-14-10-7-9(12(16)17)3-4-11(10)15(8)5-6-20(18,19)13-2/h3-4,7,13H,5-6H2,1-2H3,(H,16,17). The van der Waals surface area contributed by atoms with Gasteiger partial charge in [-0.15, -0.1) is 0 Å². The Morgan fingerprint density at radius 3 is 2.75 bits per heavy atom. The molecule has 0 atom stereocenters. The number of hydrogen-bond acceptors (Lipinski definition) is 4. The molecular weight excluding hydrogens is 282 g/mol. The second kappa shape index (κ2) is 5.22. The van der Waals surface area contributed by atoms with Crippen molar-refractivity contribution in [2.75, 3.05) is 12.8 Å². The van der Waals surface area contributed by atoms with E-state index in [4.69, 9.17) is 5.11 Å². The molecule has 0 spiro atoms. The maximum absolute atomic E-state index is 11.5. The Morgan fingerprint density at radius 1 is 1.45 bits per heavy atom. The molecule has 2 rings (SSSR count). The van der Waals surface area contributed by atoms with E-state index in [1.807, 2.05) is 0 Å². The fraction of sp³-hybridized carbons (Fsp3) is 0.333. The van der Waals surface area contributed by atoms with Crippen LogP contribution in [0.1, 0.15) is 16.2 Å². The van der Waals surface area contributed by atoms with Gasteiger partial charge in [-0.3, -0.25) is 0 Å². The predicted molar refractivity (Wildman–Crippen MR) is 74.3 cm³/mol. The third-order valence-corrected chi connectivity index (χ3v) is 4.42. The molecule has 0 unspecified atom stereocenters. The molecule has 0 aliphatic rings. The third-order valence-electron chi connectivity index (χ3n) is 3.08. The molecule has 0 saturated heterocycles. The molecule has 2 N–H and O–H groups in total. The van der Waals surface area contributed by atoms with Gasteiger partial charge in [-0.1, -0.05) is 0 Å². The molecule has 20 heavy (non-hydrogen) atoms. The average molecular weight is 297 g/mol. The molecule has 108 valence electrons. The number of carbonyl (C=O) groups is 1. The van der Waals surface area contributed by atoms with Crippen molar-refractivity contribution in [2.24, 2.45) is 0 Å². The topological polar surface area (TPSA) is 101 Å².